The van der Waals surface area contributed by atoms with Gasteiger partial charge in [-0.15, -0.1) is 0 Å². The number of halogens is 1. The molecule has 0 saturated carbocycles. The van der Waals surface area contributed by atoms with Crippen molar-refractivity contribution in [2.45, 2.75) is 20.5 Å². The van der Waals surface area contributed by atoms with Crippen LogP contribution in [-0.4, -0.2) is 24.6 Å². The Bertz CT molecular complexity index is 1150. The molecule has 8 heteroatoms. The van der Waals surface area contributed by atoms with Gasteiger partial charge < -0.3 is 14.8 Å². The van der Waals surface area contributed by atoms with Crippen LogP contribution >= 0.6 is 15.9 Å². The summed E-state index contributed by atoms with van der Waals surface area (Å²) in [6.45, 7) is 4.80. The number of hydrogen-bond acceptors (Lipinski definition) is 5. The van der Waals surface area contributed by atoms with Gasteiger partial charge in [0.05, 0.1) is 12.8 Å². The van der Waals surface area contributed by atoms with E-state index < -0.39 is 11.8 Å². The van der Waals surface area contributed by atoms with Gasteiger partial charge in [0.25, 0.3) is 0 Å². The minimum absolute atomic E-state index is 0.415. The van der Waals surface area contributed by atoms with E-state index in [1.165, 1.54) is 11.8 Å². The molecule has 0 aliphatic carbocycles. The van der Waals surface area contributed by atoms with Crippen molar-refractivity contribution in [2.75, 3.05) is 11.9 Å². The van der Waals surface area contributed by atoms with Gasteiger partial charge in [0.2, 0.25) is 0 Å². The molecule has 2 amide bonds. The molecule has 0 radical (unpaired) electrons. The molecule has 7 nitrogen and oxygen atoms in total. The molecule has 3 aromatic rings. The normalized spacial score (nSPS) is 10.6. The molecular weight excluding hydrogens is 486 g/mol. The van der Waals surface area contributed by atoms with Gasteiger partial charge in [0.15, 0.2) is 11.5 Å². The first-order chi connectivity index (χ1) is 15.9. The number of nitrogens with zero attached hydrogens (tertiary/aromatic N) is 1. The van der Waals surface area contributed by atoms with Crippen LogP contribution in [0, 0.1) is 6.92 Å². The maximum absolute atomic E-state index is 12.0. The summed E-state index contributed by atoms with van der Waals surface area (Å²) in [4.78, 5) is 24.0. The molecule has 3 rings (SSSR count). The summed E-state index contributed by atoms with van der Waals surface area (Å²) in [6, 6.07) is 20.3. The minimum Gasteiger partial charge on any atom is -0.490 e. The van der Waals surface area contributed by atoms with Crippen molar-refractivity contribution < 1.29 is 19.1 Å². The highest BCUT2D eigenvalue weighted by Gasteiger charge is 2.13. The fraction of sp³-hybridized carbons (Fsp3) is 0.160. The van der Waals surface area contributed by atoms with Crippen LogP contribution in [0.3, 0.4) is 0 Å². The smallest absolute Gasteiger partial charge is 0.329 e. The zero-order valence-corrected chi connectivity index (χ0v) is 19.9. The number of anilines is 1. The predicted octanol–water partition coefficient (Wildman–Crippen LogP) is 4.82. The summed E-state index contributed by atoms with van der Waals surface area (Å²) in [5, 5.41) is 6.36. The fourth-order valence-corrected chi connectivity index (χ4v) is 3.16. The number of hydrazone groups is 1. The average Bonchev–Trinajstić information content (AvgIpc) is 2.80. The van der Waals surface area contributed by atoms with E-state index in [1.54, 1.807) is 42.5 Å². The first kappa shape index (κ1) is 24.0. The Morgan fingerprint density at radius 3 is 2.48 bits per heavy atom. The van der Waals surface area contributed by atoms with Crippen LogP contribution in [0.2, 0.25) is 0 Å². The highest BCUT2D eigenvalue weighted by Crippen LogP contribution is 2.29. The first-order valence-electron chi connectivity index (χ1n) is 10.3. The number of nitrogens with one attached hydrogen (secondary N) is 2. The van der Waals surface area contributed by atoms with Crippen LogP contribution in [-0.2, 0) is 16.2 Å². The van der Waals surface area contributed by atoms with E-state index in [0.29, 0.717) is 36.0 Å². The number of amides is 2. The van der Waals surface area contributed by atoms with Gasteiger partial charge in [-0.2, -0.15) is 5.10 Å². The third-order valence-electron chi connectivity index (χ3n) is 4.43. The van der Waals surface area contributed by atoms with E-state index in [9.17, 15) is 9.59 Å². The monoisotopic (exact) mass is 509 g/mol. The highest BCUT2D eigenvalue weighted by molar-refractivity contribution is 9.10. The molecule has 170 valence electrons. The lowest BCUT2D eigenvalue weighted by molar-refractivity contribution is -0.136. The Hall–Kier alpha value is -3.65. The second kappa shape index (κ2) is 11.8. The van der Waals surface area contributed by atoms with Crippen LogP contribution in [0.5, 0.6) is 11.5 Å². The second-order valence-electron chi connectivity index (χ2n) is 7.08. The Morgan fingerprint density at radius 1 is 0.970 bits per heavy atom. The number of aryl methyl sites for hydroxylation is 1. The first-order valence-corrected chi connectivity index (χ1v) is 11.1. The topological polar surface area (TPSA) is 89.0 Å². The summed E-state index contributed by atoms with van der Waals surface area (Å²) >= 11 is 3.31. The van der Waals surface area contributed by atoms with Crippen LogP contribution in [0.25, 0.3) is 0 Å². The van der Waals surface area contributed by atoms with Crippen LogP contribution < -0.4 is 20.2 Å². The van der Waals surface area contributed by atoms with Crippen LogP contribution in [0.1, 0.15) is 23.6 Å². The zero-order chi connectivity index (χ0) is 23.6. The van der Waals surface area contributed by atoms with E-state index in [0.717, 1.165) is 10.0 Å². The van der Waals surface area contributed by atoms with Crippen molar-refractivity contribution >= 4 is 39.6 Å². The molecule has 0 unspecified atom stereocenters. The summed E-state index contributed by atoms with van der Waals surface area (Å²) in [6.07, 6.45) is 1.43. The molecule has 33 heavy (non-hydrogen) atoms. The number of benzene rings is 3. The molecule has 3 aromatic carbocycles. The lowest BCUT2D eigenvalue weighted by Crippen LogP contribution is -2.32. The van der Waals surface area contributed by atoms with Gasteiger partial charge in [-0.05, 0) is 67.4 Å². The van der Waals surface area contributed by atoms with Crippen LogP contribution in [0.4, 0.5) is 5.69 Å². The lowest BCUT2D eigenvalue weighted by atomic mass is 10.1. The van der Waals surface area contributed by atoms with E-state index in [2.05, 4.69) is 37.8 Å². The second-order valence-corrected chi connectivity index (χ2v) is 7.99. The Labute approximate surface area is 200 Å². The standard InChI is InChI=1S/C25H24BrN3O4/c1-3-32-23-14-18(7-12-22(23)33-16-19-6-4-5-17(2)13-19)15-27-29-25(31)24(30)28-21-10-8-20(26)9-11-21/h4-15H,3,16H2,1-2H3,(H,28,30)(H,29,31)/b27-15+. The summed E-state index contributed by atoms with van der Waals surface area (Å²) < 4.78 is 12.5. The third-order valence-corrected chi connectivity index (χ3v) is 4.96. The van der Waals surface area contributed by atoms with E-state index in [-0.39, 0.29) is 0 Å². The van der Waals surface area contributed by atoms with Gasteiger partial charge in [-0.3, -0.25) is 9.59 Å². The van der Waals surface area contributed by atoms with Crippen molar-refractivity contribution in [3.63, 3.8) is 0 Å². The largest absolute Gasteiger partial charge is 0.490 e. The van der Waals surface area contributed by atoms with E-state index >= 15 is 0 Å². The van der Waals surface area contributed by atoms with Crippen molar-refractivity contribution in [1.82, 2.24) is 5.43 Å². The third kappa shape index (κ3) is 7.47. The molecule has 0 atom stereocenters. The Morgan fingerprint density at radius 2 is 1.76 bits per heavy atom. The summed E-state index contributed by atoms with van der Waals surface area (Å²) in [5.74, 6) is -0.525. The lowest BCUT2D eigenvalue weighted by Gasteiger charge is -2.13. The maximum atomic E-state index is 12.0. The number of hydrogen-bond donors (Lipinski definition) is 2. The molecule has 0 aliphatic rings. The van der Waals surface area contributed by atoms with Gasteiger partial charge in [0, 0.05) is 10.2 Å². The summed E-state index contributed by atoms with van der Waals surface area (Å²) in [7, 11) is 0. The number of carbonyl (C=O) groups is 2. The van der Waals surface area contributed by atoms with Crippen LogP contribution in [0.15, 0.2) is 76.3 Å². The molecule has 0 aromatic heterocycles. The van der Waals surface area contributed by atoms with Crippen molar-refractivity contribution in [3.05, 3.63) is 87.9 Å². The fourth-order valence-electron chi connectivity index (χ4n) is 2.89. The number of rotatable bonds is 8. The maximum Gasteiger partial charge on any atom is 0.329 e. The average molecular weight is 510 g/mol. The van der Waals surface area contributed by atoms with Crippen molar-refractivity contribution in [2.24, 2.45) is 5.10 Å². The van der Waals surface area contributed by atoms with Gasteiger partial charge in [-0.25, -0.2) is 5.43 Å². The van der Waals surface area contributed by atoms with Gasteiger partial charge in [-0.1, -0.05) is 45.8 Å². The van der Waals surface area contributed by atoms with Gasteiger partial charge in [0.1, 0.15) is 6.61 Å². The number of carbonyl (C=O) groups excluding carboxylic acids is 2. The molecular formula is C25H24BrN3O4. The predicted molar refractivity (Wildman–Crippen MR) is 132 cm³/mol. The molecule has 0 fully saturated rings. The number of ether oxygens (including phenoxy) is 2. The quantitative estimate of drug-likeness (QED) is 0.258. The molecule has 0 aliphatic heterocycles. The van der Waals surface area contributed by atoms with E-state index in [4.69, 9.17) is 9.47 Å². The molecule has 0 bridgehead atoms. The minimum atomic E-state index is -0.877. The SMILES string of the molecule is CCOc1cc(/C=N/NC(=O)C(=O)Nc2ccc(Br)cc2)ccc1OCc1cccc(C)c1. The molecule has 2 N–H and O–H groups in total. The highest BCUT2D eigenvalue weighted by atomic mass is 79.9. The molecule has 0 spiro atoms. The van der Waals surface area contributed by atoms with E-state index in [1.807, 2.05) is 32.0 Å². The summed E-state index contributed by atoms with van der Waals surface area (Å²) in [5.41, 5.74) is 5.63. The Balaban J connectivity index is 1.59. The Kier molecular flexibility index (Phi) is 8.60. The van der Waals surface area contributed by atoms with Crippen molar-refractivity contribution in [1.29, 1.82) is 0 Å². The zero-order valence-electron chi connectivity index (χ0n) is 18.3. The van der Waals surface area contributed by atoms with Gasteiger partial charge >= 0.3 is 11.8 Å². The van der Waals surface area contributed by atoms with Crippen molar-refractivity contribution in [3.8, 4) is 11.5 Å². The molecule has 0 heterocycles. The molecule has 0 saturated heterocycles.